The summed E-state index contributed by atoms with van der Waals surface area (Å²) in [6, 6.07) is 7.94. The van der Waals surface area contributed by atoms with Gasteiger partial charge in [0.1, 0.15) is 0 Å². The zero-order valence-electron chi connectivity index (χ0n) is 11.4. The highest BCUT2D eigenvalue weighted by Crippen LogP contribution is 2.41. The lowest BCUT2D eigenvalue weighted by molar-refractivity contribution is -0.0649. The van der Waals surface area contributed by atoms with Gasteiger partial charge in [-0.3, -0.25) is 0 Å². The number of rotatable bonds is 4. The van der Waals surface area contributed by atoms with E-state index in [4.69, 9.17) is 0 Å². The minimum absolute atomic E-state index is 0.0563. The van der Waals surface area contributed by atoms with E-state index in [0.29, 0.717) is 12.3 Å². The van der Waals surface area contributed by atoms with Gasteiger partial charge in [-0.1, -0.05) is 43.7 Å². The zero-order chi connectivity index (χ0) is 13.9. The molecule has 3 heteroatoms. The summed E-state index contributed by atoms with van der Waals surface area (Å²) < 4.78 is 28.5. The monoisotopic (exact) mass is 268 g/mol. The van der Waals surface area contributed by atoms with Crippen LogP contribution < -0.4 is 0 Å². The third-order valence-electron chi connectivity index (χ3n) is 4.34. The number of hydrogen-bond acceptors (Lipinski definition) is 1. The first-order chi connectivity index (χ1) is 9.03. The number of aliphatic hydroxyl groups excluding tert-OH is 1. The van der Waals surface area contributed by atoms with Gasteiger partial charge in [-0.25, -0.2) is 8.78 Å². The van der Waals surface area contributed by atoms with Crippen LogP contribution in [0.1, 0.15) is 44.6 Å². The van der Waals surface area contributed by atoms with E-state index >= 15 is 0 Å². The molecule has 1 saturated carbocycles. The van der Waals surface area contributed by atoms with E-state index in [0.717, 1.165) is 19.3 Å². The minimum Gasteiger partial charge on any atom is -0.393 e. The Morgan fingerprint density at radius 2 is 1.89 bits per heavy atom. The lowest BCUT2D eigenvalue weighted by Gasteiger charge is -2.35. The highest BCUT2D eigenvalue weighted by Gasteiger charge is 2.39. The summed E-state index contributed by atoms with van der Waals surface area (Å²) in [7, 11) is 0. The van der Waals surface area contributed by atoms with Crippen LogP contribution in [0.2, 0.25) is 0 Å². The average Bonchev–Trinajstić information content (AvgIpc) is 2.42. The number of hydrogen-bond donors (Lipinski definition) is 1. The normalized spacial score (nSPS) is 28.3. The zero-order valence-corrected chi connectivity index (χ0v) is 11.4. The van der Waals surface area contributed by atoms with Gasteiger partial charge in [-0.15, -0.1) is 0 Å². The quantitative estimate of drug-likeness (QED) is 0.860. The molecule has 0 saturated heterocycles. The van der Waals surface area contributed by atoms with Gasteiger partial charge in [0.15, 0.2) is 0 Å². The van der Waals surface area contributed by atoms with Gasteiger partial charge in [-0.05, 0) is 31.1 Å². The van der Waals surface area contributed by atoms with Crippen molar-refractivity contribution < 1.29 is 13.9 Å². The predicted molar refractivity (Wildman–Crippen MR) is 72.1 cm³/mol. The largest absolute Gasteiger partial charge is 0.393 e. The van der Waals surface area contributed by atoms with E-state index in [1.807, 2.05) is 0 Å². The maximum Gasteiger partial charge on any atom is 0.273 e. The molecule has 1 nitrogen and oxygen atoms in total. The SMILES string of the molecule is CCC1CCC(O)C(CC(F)(F)c2ccccc2)C1. The first-order valence-electron chi connectivity index (χ1n) is 7.14. The fraction of sp³-hybridized carbons (Fsp3) is 0.625. The van der Waals surface area contributed by atoms with Crippen molar-refractivity contribution >= 4 is 0 Å². The standard InChI is InChI=1S/C16H22F2O/c1-2-12-8-9-15(19)13(10-12)11-16(17,18)14-6-4-3-5-7-14/h3-7,12-13,15,19H,2,8-11H2,1H3. The molecule has 0 aromatic heterocycles. The first-order valence-corrected chi connectivity index (χ1v) is 7.14. The number of alkyl halides is 2. The molecule has 19 heavy (non-hydrogen) atoms. The Hall–Kier alpha value is -0.960. The fourth-order valence-corrected chi connectivity index (χ4v) is 3.06. The summed E-state index contributed by atoms with van der Waals surface area (Å²) in [5, 5.41) is 9.96. The van der Waals surface area contributed by atoms with Crippen molar-refractivity contribution in [3.63, 3.8) is 0 Å². The summed E-state index contributed by atoms with van der Waals surface area (Å²) >= 11 is 0. The Morgan fingerprint density at radius 1 is 1.21 bits per heavy atom. The van der Waals surface area contributed by atoms with Crippen LogP contribution in [0.15, 0.2) is 30.3 Å². The molecule has 0 amide bonds. The average molecular weight is 268 g/mol. The van der Waals surface area contributed by atoms with Gasteiger partial charge >= 0.3 is 0 Å². The van der Waals surface area contributed by atoms with Gasteiger partial charge in [0.25, 0.3) is 5.92 Å². The van der Waals surface area contributed by atoms with Crippen LogP contribution >= 0.6 is 0 Å². The molecule has 2 rings (SSSR count). The van der Waals surface area contributed by atoms with Gasteiger partial charge in [0.05, 0.1) is 6.10 Å². The second-order valence-electron chi connectivity index (χ2n) is 5.69. The summed E-state index contributed by atoms with van der Waals surface area (Å²) in [6.07, 6.45) is 2.55. The van der Waals surface area contributed by atoms with Crippen LogP contribution in [0.5, 0.6) is 0 Å². The van der Waals surface area contributed by atoms with Crippen molar-refractivity contribution in [1.29, 1.82) is 0 Å². The summed E-state index contributed by atoms with van der Waals surface area (Å²) in [6.45, 7) is 2.09. The Morgan fingerprint density at radius 3 is 2.53 bits per heavy atom. The lowest BCUT2D eigenvalue weighted by Crippen LogP contribution is -2.33. The number of halogens is 2. The van der Waals surface area contributed by atoms with E-state index in [-0.39, 0.29) is 17.9 Å². The molecule has 0 heterocycles. The highest BCUT2D eigenvalue weighted by atomic mass is 19.3. The second-order valence-corrected chi connectivity index (χ2v) is 5.69. The molecule has 1 N–H and O–H groups in total. The molecular formula is C16H22F2O. The van der Waals surface area contributed by atoms with Gasteiger partial charge < -0.3 is 5.11 Å². The maximum absolute atomic E-state index is 14.2. The molecular weight excluding hydrogens is 246 g/mol. The molecule has 1 aromatic rings. The van der Waals surface area contributed by atoms with Crippen molar-refractivity contribution in [1.82, 2.24) is 0 Å². The van der Waals surface area contributed by atoms with E-state index in [2.05, 4.69) is 6.92 Å². The Balaban J connectivity index is 2.06. The molecule has 0 radical (unpaired) electrons. The topological polar surface area (TPSA) is 20.2 Å². The highest BCUT2D eigenvalue weighted by molar-refractivity contribution is 5.20. The molecule has 0 aliphatic heterocycles. The van der Waals surface area contributed by atoms with Gasteiger partial charge in [-0.2, -0.15) is 0 Å². The van der Waals surface area contributed by atoms with Crippen LogP contribution in [0.25, 0.3) is 0 Å². The van der Waals surface area contributed by atoms with Crippen LogP contribution in [0, 0.1) is 11.8 Å². The molecule has 106 valence electrons. The van der Waals surface area contributed by atoms with E-state index in [1.165, 1.54) is 12.1 Å². The maximum atomic E-state index is 14.2. The molecule has 0 spiro atoms. The Kier molecular flexibility index (Phi) is 4.56. The van der Waals surface area contributed by atoms with Crippen molar-refractivity contribution in [2.75, 3.05) is 0 Å². The van der Waals surface area contributed by atoms with Crippen LogP contribution in [-0.4, -0.2) is 11.2 Å². The molecule has 0 bridgehead atoms. The second kappa shape index (κ2) is 6.00. The van der Waals surface area contributed by atoms with Crippen molar-refractivity contribution in [2.45, 2.75) is 51.1 Å². The van der Waals surface area contributed by atoms with Crippen LogP contribution in [-0.2, 0) is 5.92 Å². The number of aliphatic hydroxyl groups is 1. The van der Waals surface area contributed by atoms with Crippen molar-refractivity contribution in [3.05, 3.63) is 35.9 Å². The van der Waals surface area contributed by atoms with Crippen molar-refractivity contribution in [2.24, 2.45) is 11.8 Å². The number of benzene rings is 1. The fourth-order valence-electron chi connectivity index (χ4n) is 3.06. The minimum atomic E-state index is -2.84. The lowest BCUT2D eigenvalue weighted by atomic mass is 9.75. The Bertz CT molecular complexity index is 391. The summed E-state index contributed by atoms with van der Waals surface area (Å²) in [5.41, 5.74) is 0.0563. The third-order valence-corrected chi connectivity index (χ3v) is 4.34. The molecule has 3 atom stereocenters. The molecule has 3 unspecified atom stereocenters. The third kappa shape index (κ3) is 3.53. The summed E-state index contributed by atoms with van der Waals surface area (Å²) in [4.78, 5) is 0. The molecule has 1 aliphatic rings. The van der Waals surface area contributed by atoms with Crippen LogP contribution in [0.4, 0.5) is 8.78 Å². The smallest absolute Gasteiger partial charge is 0.273 e. The van der Waals surface area contributed by atoms with Gasteiger partial charge in [0.2, 0.25) is 0 Å². The first kappa shape index (κ1) is 14.4. The van der Waals surface area contributed by atoms with Crippen molar-refractivity contribution in [3.8, 4) is 0 Å². The predicted octanol–water partition coefficient (Wildman–Crippen LogP) is 4.36. The van der Waals surface area contributed by atoms with Gasteiger partial charge in [0, 0.05) is 12.0 Å². The van der Waals surface area contributed by atoms with E-state index < -0.39 is 12.0 Å². The van der Waals surface area contributed by atoms with E-state index in [9.17, 15) is 13.9 Å². The molecule has 1 aliphatic carbocycles. The van der Waals surface area contributed by atoms with Crippen LogP contribution in [0.3, 0.4) is 0 Å². The summed E-state index contributed by atoms with van der Waals surface area (Å²) in [5.74, 6) is -2.64. The molecule has 1 fully saturated rings. The van der Waals surface area contributed by atoms with E-state index in [1.54, 1.807) is 18.2 Å². The molecule has 1 aromatic carbocycles. The Labute approximate surface area is 113 Å².